The van der Waals surface area contributed by atoms with Gasteiger partial charge in [0, 0.05) is 68.6 Å². The number of dihydropyridines is 1. The Bertz CT molecular complexity index is 807. The third kappa shape index (κ3) is 3.16. The van der Waals surface area contributed by atoms with Crippen molar-refractivity contribution in [1.82, 2.24) is 14.7 Å². The molecule has 0 spiro atoms. The molecule has 0 amide bonds. The summed E-state index contributed by atoms with van der Waals surface area (Å²) < 4.78 is 5.98. The van der Waals surface area contributed by atoms with Gasteiger partial charge in [0.1, 0.15) is 11.9 Å². The lowest BCUT2D eigenvalue weighted by atomic mass is 9.93. The molecule has 0 N–H and O–H groups in total. The van der Waals surface area contributed by atoms with Crippen LogP contribution < -0.4 is 4.74 Å². The number of nitrogens with zero attached hydrogens (tertiary/aromatic N) is 4. The van der Waals surface area contributed by atoms with Gasteiger partial charge in [0.25, 0.3) is 0 Å². The molecule has 1 fully saturated rings. The van der Waals surface area contributed by atoms with E-state index in [1.54, 1.807) is 0 Å². The molecule has 1 unspecified atom stereocenters. The molecule has 5 heteroatoms. The SMILES string of the molecule is CCN1CCN([C@@H]2C=CC3=C(CCN=C3)N2C2CCOc3ccccc32)CC1. The fourth-order valence-electron chi connectivity index (χ4n) is 5.04. The van der Waals surface area contributed by atoms with Crippen molar-refractivity contribution in [2.75, 3.05) is 45.9 Å². The lowest BCUT2D eigenvalue weighted by Gasteiger charge is -2.50. The van der Waals surface area contributed by atoms with Crippen LogP contribution in [0.4, 0.5) is 0 Å². The van der Waals surface area contributed by atoms with Crippen molar-refractivity contribution < 1.29 is 4.74 Å². The number of para-hydroxylation sites is 1. The molecule has 1 aromatic rings. The normalized spacial score (nSPS) is 28.1. The highest BCUT2D eigenvalue weighted by atomic mass is 16.5. The highest BCUT2D eigenvalue weighted by molar-refractivity contribution is 5.84. The van der Waals surface area contributed by atoms with Crippen LogP contribution in [-0.4, -0.2) is 73.0 Å². The molecule has 4 aliphatic heterocycles. The second kappa shape index (κ2) is 7.72. The number of aliphatic imine (C=N–C) groups is 1. The third-order valence-electron chi connectivity index (χ3n) is 6.58. The van der Waals surface area contributed by atoms with Gasteiger partial charge in [-0.3, -0.25) is 9.89 Å². The van der Waals surface area contributed by atoms with Crippen molar-refractivity contribution in [3.8, 4) is 5.75 Å². The smallest absolute Gasteiger partial charge is 0.124 e. The van der Waals surface area contributed by atoms with Gasteiger partial charge in [0.05, 0.1) is 12.6 Å². The number of ether oxygens (including phenoxy) is 1. The molecule has 0 bridgehead atoms. The summed E-state index contributed by atoms with van der Waals surface area (Å²) in [6.07, 6.45) is 9.15. The Labute approximate surface area is 168 Å². The van der Waals surface area contributed by atoms with E-state index in [4.69, 9.17) is 4.74 Å². The van der Waals surface area contributed by atoms with Crippen LogP contribution in [0.1, 0.15) is 31.4 Å². The molecule has 4 heterocycles. The number of fused-ring (bicyclic) bond motifs is 1. The first kappa shape index (κ1) is 18.0. The minimum absolute atomic E-state index is 0.320. The van der Waals surface area contributed by atoms with E-state index in [-0.39, 0.29) is 0 Å². The van der Waals surface area contributed by atoms with Crippen LogP contribution in [0.25, 0.3) is 0 Å². The first-order valence-electron chi connectivity index (χ1n) is 10.7. The van der Waals surface area contributed by atoms with Crippen LogP contribution >= 0.6 is 0 Å². The maximum atomic E-state index is 5.98. The quantitative estimate of drug-likeness (QED) is 0.809. The molecule has 0 radical (unpaired) electrons. The van der Waals surface area contributed by atoms with Crippen molar-refractivity contribution in [2.24, 2.45) is 4.99 Å². The molecule has 0 aliphatic carbocycles. The molecular weight excluding hydrogens is 348 g/mol. The molecule has 148 valence electrons. The number of allylic oxidation sites excluding steroid dienone is 2. The fraction of sp³-hybridized carbons (Fsp3) is 0.522. The topological polar surface area (TPSA) is 31.3 Å². The van der Waals surface area contributed by atoms with Crippen LogP contribution in [0, 0.1) is 0 Å². The van der Waals surface area contributed by atoms with Crippen LogP contribution in [0.5, 0.6) is 5.75 Å². The van der Waals surface area contributed by atoms with Crippen molar-refractivity contribution in [2.45, 2.75) is 32.0 Å². The van der Waals surface area contributed by atoms with E-state index in [1.807, 2.05) is 0 Å². The molecular formula is C23H30N4O. The van der Waals surface area contributed by atoms with Gasteiger partial charge >= 0.3 is 0 Å². The first-order chi connectivity index (χ1) is 13.8. The Hall–Kier alpha value is -2.11. The zero-order valence-corrected chi connectivity index (χ0v) is 16.8. The molecule has 1 aromatic carbocycles. The molecule has 5 rings (SSSR count). The van der Waals surface area contributed by atoms with Crippen molar-refractivity contribution in [3.05, 3.63) is 53.3 Å². The van der Waals surface area contributed by atoms with E-state index >= 15 is 0 Å². The molecule has 28 heavy (non-hydrogen) atoms. The predicted octanol–water partition coefficient (Wildman–Crippen LogP) is 3.07. The number of hydrogen-bond donors (Lipinski definition) is 0. The van der Waals surface area contributed by atoms with Crippen molar-refractivity contribution >= 4 is 6.21 Å². The minimum atomic E-state index is 0.320. The summed E-state index contributed by atoms with van der Waals surface area (Å²) in [5.41, 5.74) is 4.08. The van der Waals surface area contributed by atoms with Crippen molar-refractivity contribution in [3.63, 3.8) is 0 Å². The molecule has 2 atom stereocenters. The van der Waals surface area contributed by atoms with Gasteiger partial charge in [-0.05, 0) is 18.7 Å². The summed E-state index contributed by atoms with van der Waals surface area (Å²) in [6.45, 7) is 9.66. The van der Waals surface area contributed by atoms with Gasteiger partial charge in [0.2, 0.25) is 0 Å². The van der Waals surface area contributed by atoms with Gasteiger partial charge in [-0.1, -0.05) is 31.2 Å². The molecule has 4 aliphatic rings. The largest absolute Gasteiger partial charge is 0.493 e. The van der Waals surface area contributed by atoms with Gasteiger partial charge in [-0.2, -0.15) is 0 Å². The summed E-state index contributed by atoms with van der Waals surface area (Å²) in [5, 5.41) is 0. The monoisotopic (exact) mass is 378 g/mol. The Morgan fingerprint density at radius 1 is 1.14 bits per heavy atom. The average molecular weight is 379 g/mol. The van der Waals surface area contributed by atoms with E-state index in [9.17, 15) is 0 Å². The average Bonchev–Trinajstić information content (AvgIpc) is 2.78. The van der Waals surface area contributed by atoms with E-state index in [2.05, 4.69) is 69.2 Å². The second-order valence-corrected chi connectivity index (χ2v) is 8.03. The molecule has 1 saturated heterocycles. The maximum Gasteiger partial charge on any atom is 0.124 e. The van der Waals surface area contributed by atoms with Gasteiger partial charge < -0.3 is 14.5 Å². The second-order valence-electron chi connectivity index (χ2n) is 8.03. The summed E-state index contributed by atoms with van der Waals surface area (Å²) in [6, 6.07) is 8.96. The Morgan fingerprint density at radius 3 is 2.86 bits per heavy atom. The van der Waals surface area contributed by atoms with Gasteiger partial charge in [0.15, 0.2) is 0 Å². The predicted molar refractivity (Wildman–Crippen MR) is 113 cm³/mol. The van der Waals surface area contributed by atoms with Crippen LogP contribution in [-0.2, 0) is 0 Å². The van der Waals surface area contributed by atoms with Gasteiger partial charge in [-0.15, -0.1) is 0 Å². The minimum Gasteiger partial charge on any atom is -0.493 e. The Kier molecular flexibility index (Phi) is 4.95. The number of hydrogen-bond acceptors (Lipinski definition) is 5. The molecule has 5 nitrogen and oxygen atoms in total. The van der Waals surface area contributed by atoms with E-state index < -0.39 is 0 Å². The summed E-state index contributed by atoms with van der Waals surface area (Å²) in [7, 11) is 0. The number of benzene rings is 1. The zero-order valence-electron chi connectivity index (χ0n) is 16.8. The van der Waals surface area contributed by atoms with Crippen LogP contribution in [0.2, 0.25) is 0 Å². The van der Waals surface area contributed by atoms with E-state index in [0.29, 0.717) is 12.2 Å². The summed E-state index contributed by atoms with van der Waals surface area (Å²) in [4.78, 5) is 12.4. The lowest BCUT2D eigenvalue weighted by Crippen LogP contribution is -2.56. The maximum absolute atomic E-state index is 5.98. The van der Waals surface area contributed by atoms with E-state index in [0.717, 1.165) is 64.5 Å². The van der Waals surface area contributed by atoms with Crippen molar-refractivity contribution in [1.29, 1.82) is 0 Å². The number of rotatable bonds is 3. The zero-order chi connectivity index (χ0) is 18.9. The highest BCUT2D eigenvalue weighted by Gasteiger charge is 2.38. The molecule has 0 aromatic heterocycles. The number of piperazine rings is 1. The highest BCUT2D eigenvalue weighted by Crippen LogP contribution is 2.42. The Morgan fingerprint density at radius 2 is 2.00 bits per heavy atom. The molecule has 0 saturated carbocycles. The van der Waals surface area contributed by atoms with E-state index in [1.165, 1.54) is 16.8 Å². The summed E-state index contributed by atoms with van der Waals surface area (Å²) >= 11 is 0. The lowest BCUT2D eigenvalue weighted by molar-refractivity contribution is 0.0175. The Balaban J connectivity index is 1.50. The van der Waals surface area contributed by atoms with Crippen LogP contribution in [0.3, 0.4) is 0 Å². The summed E-state index contributed by atoms with van der Waals surface area (Å²) in [5.74, 6) is 1.05. The fourth-order valence-corrected chi connectivity index (χ4v) is 5.04. The first-order valence-corrected chi connectivity index (χ1v) is 10.7. The standard InChI is InChI=1S/C23H30N4O/c1-2-25-12-14-26(15-13-25)23-8-7-18-17-24-11-9-20(18)27(23)21-10-16-28-22-6-4-3-5-19(21)22/h3-8,17,21,23H,2,9-16H2,1H3/t21?,23-/m0/s1. The third-order valence-corrected chi connectivity index (χ3v) is 6.58. The van der Waals surface area contributed by atoms with Gasteiger partial charge in [-0.25, -0.2) is 0 Å². The van der Waals surface area contributed by atoms with Crippen LogP contribution in [0.15, 0.2) is 52.7 Å². The number of likely N-dealkylation sites (N-methyl/N-ethyl adjacent to an activating group) is 1.